The van der Waals surface area contributed by atoms with Crippen LogP contribution in [0.3, 0.4) is 0 Å². The summed E-state index contributed by atoms with van der Waals surface area (Å²) in [5.41, 5.74) is 5.96. The van der Waals surface area contributed by atoms with Crippen molar-refractivity contribution in [1.29, 1.82) is 0 Å². The summed E-state index contributed by atoms with van der Waals surface area (Å²) in [6.07, 6.45) is 0. The highest BCUT2D eigenvalue weighted by atomic mass is 16.5. The monoisotopic (exact) mass is 273 g/mol. The quantitative estimate of drug-likeness (QED) is 0.789. The molecular weight excluding hydrogens is 254 g/mol. The highest BCUT2D eigenvalue weighted by Gasteiger charge is 2.22. The zero-order valence-corrected chi connectivity index (χ0v) is 12.7. The van der Waals surface area contributed by atoms with Crippen molar-refractivity contribution in [2.75, 3.05) is 7.11 Å². The second-order valence-corrected chi connectivity index (χ2v) is 4.99. The van der Waals surface area contributed by atoms with E-state index < -0.39 is 0 Å². The Morgan fingerprint density at radius 2 is 1.80 bits per heavy atom. The van der Waals surface area contributed by atoms with Gasteiger partial charge in [0.25, 0.3) is 0 Å². The van der Waals surface area contributed by atoms with Crippen LogP contribution in [0.2, 0.25) is 0 Å². The van der Waals surface area contributed by atoms with Gasteiger partial charge in [-0.25, -0.2) is 4.79 Å². The van der Waals surface area contributed by atoms with E-state index >= 15 is 0 Å². The van der Waals surface area contributed by atoms with E-state index in [9.17, 15) is 4.79 Å². The van der Waals surface area contributed by atoms with Gasteiger partial charge in [0.2, 0.25) is 0 Å². The van der Waals surface area contributed by atoms with Gasteiger partial charge in [-0.2, -0.15) is 5.10 Å². The van der Waals surface area contributed by atoms with E-state index in [1.54, 1.807) is 11.7 Å². The molecule has 0 spiro atoms. The first-order chi connectivity index (χ1) is 9.36. The van der Waals surface area contributed by atoms with Crippen LogP contribution < -0.4 is 0 Å². The molecule has 0 atom stereocenters. The van der Waals surface area contributed by atoms with Crippen molar-refractivity contribution in [1.82, 2.24) is 14.8 Å². The second-order valence-electron chi connectivity index (χ2n) is 4.99. The number of methoxy groups -OCH3 is 1. The van der Waals surface area contributed by atoms with Gasteiger partial charge >= 0.3 is 5.97 Å². The number of hydrogen-bond acceptors (Lipinski definition) is 4. The van der Waals surface area contributed by atoms with Crippen LogP contribution in [-0.2, 0) is 11.8 Å². The molecule has 0 aliphatic carbocycles. The van der Waals surface area contributed by atoms with Gasteiger partial charge in [-0.05, 0) is 38.8 Å². The average Bonchev–Trinajstić information content (AvgIpc) is 2.68. The van der Waals surface area contributed by atoms with Crippen molar-refractivity contribution in [3.8, 4) is 11.4 Å². The number of aryl methyl sites for hydroxylation is 4. The lowest BCUT2D eigenvalue weighted by molar-refractivity contribution is 0.0587. The minimum atomic E-state index is -0.384. The van der Waals surface area contributed by atoms with E-state index in [0.717, 1.165) is 33.8 Å². The van der Waals surface area contributed by atoms with Crippen molar-refractivity contribution in [3.63, 3.8) is 0 Å². The van der Waals surface area contributed by atoms with Crippen LogP contribution in [0, 0.1) is 27.7 Å². The van der Waals surface area contributed by atoms with Crippen LogP contribution in [0.25, 0.3) is 11.4 Å². The van der Waals surface area contributed by atoms with Crippen molar-refractivity contribution in [3.05, 3.63) is 34.1 Å². The first kappa shape index (κ1) is 14.2. The maximum absolute atomic E-state index is 11.8. The number of aromatic nitrogens is 3. The third kappa shape index (κ3) is 2.19. The predicted octanol–water partition coefficient (Wildman–Crippen LogP) is 2.50. The molecule has 2 rings (SSSR count). The van der Waals surface area contributed by atoms with Gasteiger partial charge in [-0.15, -0.1) is 0 Å². The number of nitrogens with zero attached hydrogens (tertiary/aromatic N) is 3. The molecule has 5 nitrogen and oxygen atoms in total. The molecule has 0 amide bonds. The molecule has 0 saturated carbocycles. The van der Waals surface area contributed by atoms with E-state index in [2.05, 4.69) is 16.1 Å². The van der Waals surface area contributed by atoms with Crippen molar-refractivity contribution >= 4 is 5.97 Å². The Morgan fingerprint density at radius 3 is 2.40 bits per heavy atom. The van der Waals surface area contributed by atoms with Crippen LogP contribution >= 0.6 is 0 Å². The molecule has 0 aromatic carbocycles. The van der Waals surface area contributed by atoms with Crippen LogP contribution in [-0.4, -0.2) is 27.8 Å². The number of ether oxygens (including phenoxy) is 1. The molecule has 0 fully saturated rings. The zero-order valence-electron chi connectivity index (χ0n) is 12.7. The molecule has 20 heavy (non-hydrogen) atoms. The number of esters is 1. The van der Waals surface area contributed by atoms with Crippen LogP contribution in [0.5, 0.6) is 0 Å². The normalized spacial score (nSPS) is 10.7. The van der Waals surface area contributed by atoms with Gasteiger partial charge in [0, 0.05) is 18.3 Å². The second kappa shape index (κ2) is 5.07. The molecule has 2 heterocycles. The van der Waals surface area contributed by atoms with Crippen molar-refractivity contribution < 1.29 is 9.53 Å². The maximum atomic E-state index is 11.8. The Labute approximate surface area is 118 Å². The third-order valence-corrected chi connectivity index (χ3v) is 3.54. The number of pyridine rings is 1. The van der Waals surface area contributed by atoms with E-state index in [0.29, 0.717) is 5.69 Å². The molecule has 0 N–H and O–H groups in total. The minimum Gasteiger partial charge on any atom is -0.464 e. The largest absolute Gasteiger partial charge is 0.464 e. The molecule has 0 radical (unpaired) electrons. The summed E-state index contributed by atoms with van der Waals surface area (Å²) in [7, 11) is 3.10. The molecule has 0 aliphatic heterocycles. The number of carbonyl (C=O) groups excluding carboxylic acids is 1. The smallest absolute Gasteiger partial charge is 0.356 e. The van der Waals surface area contributed by atoms with Gasteiger partial charge in [0.1, 0.15) is 11.4 Å². The molecule has 0 bridgehead atoms. The van der Waals surface area contributed by atoms with Gasteiger partial charge in [0.05, 0.1) is 12.8 Å². The molecule has 5 heteroatoms. The third-order valence-electron chi connectivity index (χ3n) is 3.54. The first-order valence-corrected chi connectivity index (χ1v) is 6.44. The van der Waals surface area contributed by atoms with Gasteiger partial charge in [-0.1, -0.05) is 6.07 Å². The minimum absolute atomic E-state index is 0.384. The molecule has 0 aliphatic rings. The van der Waals surface area contributed by atoms with Gasteiger partial charge in [0.15, 0.2) is 0 Å². The van der Waals surface area contributed by atoms with Crippen LogP contribution in [0.4, 0.5) is 0 Å². The fraction of sp³-hybridized carbons (Fsp3) is 0.400. The molecule has 2 aromatic heterocycles. The van der Waals surface area contributed by atoms with Gasteiger partial charge < -0.3 is 4.74 Å². The summed E-state index contributed by atoms with van der Waals surface area (Å²) in [6.45, 7) is 7.87. The molecular formula is C15H19N3O2. The summed E-state index contributed by atoms with van der Waals surface area (Å²) in [5.74, 6) is -0.384. The van der Waals surface area contributed by atoms with Crippen LogP contribution in [0.15, 0.2) is 6.07 Å². The summed E-state index contributed by atoms with van der Waals surface area (Å²) in [4.78, 5) is 16.4. The SMILES string of the molecule is COC(=O)c1c(C)c(-c2nc(C)c(C)cc2C)nn1C. The molecule has 2 aromatic rings. The average molecular weight is 273 g/mol. The fourth-order valence-electron chi connectivity index (χ4n) is 2.32. The Morgan fingerprint density at radius 1 is 1.15 bits per heavy atom. The summed E-state index contributed by atoms with van der Waals surface area (Å²) in [5, 5.41) is 4.43. The topological polar surface area (TPSA) is 57.0 Å². The Bertz CT molecular complexity index is 687. The number of rotatable bonds is 2. The number of hydrogen-bond donors (Lipinski definition) is 0. The van der Waals surface area contributed by atoms with Crippen LogP contribution in [0.1, 0.15) is 32.9 Å². The van der Waals surface area contributed by atoms with E-state index in [1.807, 2.05) is 27.7 Å². The van der Waals surface area contributed by atoms with Crippen molar-refractivity contribution in [2.24, 2.45) is 7.05 Å². The highest BCUT2D eigenvalue weighted by molar-refractivity contribution is 5.91. The highest BCUT2D eigenvalue weighted by Crippen LogP contribution is 2.27. The van der Waals surface area contributed by atoms with Crippen molar-refractivity contribution in [2.45, 2.75) is 27.7 Å². The van der Waals surface area contributed by atoms with E-state index in [1.165, 1.54) is 7.11 Å². The zero-order chi connectivity index (χ0) is 15.0. The first-order valence-electron chi connectivity index (χ1n) is 6.44. The fourth-order valence-corrected chi connectivity index (χ4v) is 2.32. The number of carbonyl (C=O) groups is 1. The summed E-state index contributed by atoms with van der Waals surface area (Å²) >= 11 is 0. The molecule has 0 unspecified atom stereocenters. The Balaban J connectivity index is 2.66. The van der Waals surface area contributed by atoms with Gasteiger partial charge in [-0.3, -0.25) is 9.67 Å². The van der Waals surface area contributed by atoms with E-state index in [-0.39, 0.29) is 5.97 Å². The summed E-state index contributed by atoms with van der Waals surface area (Å²) < 4.78 is 6.35. The molecule has 106 valence electrons. The predicted molar refractivity (Wildman–Crippen MR) is 76.7 cm³/mol. The Hall–Kier alpha value is -2.17. The maximum Gasteiger partial charge on any atom is 0.356 e. The molecule has 0 saturated heterocycles. The lowest BCUT2D eigenvalue weighted by atomic mass is 10.0. The van der Waals surface area contributed by atoms with E-state index in [4.69, 9.17) is 4.74 Å². The standard InChI is InChI=1S/C15H19N3O2/c1-8-7-9(2)12(16-11(8)4)13-10(3)14(15(19)20-6)18(5)17-13/h7H,1-6H3. The Kier molecular flexibility index (Phi) is 3.61. The lowest BCUT2D eigenvalue weighted by Gasteiger charge is -2.07. The summed E-state index contributed by atoms with van der Waals surface area (Å²) in [6, 6.07) is 2.09. The lowest BCUT2D eigenvalue weighted by Crippen LogP contribution is -2.09.